The maximum absolute atomic E-state index is 12.3. The van der Waals surface area contributed by atoms with Crippen LogP contribution in [-0.2, 0) is 0 Å². The van der Waals surface area contributed by atoms with Crippen molar-refractivity contribution in [3.8, 4) is 6.07 Å². The molecule has 102 valence electrons. The normalized spacial score (nSPS) is 10.3. The van der Waals surface area contributed by atoms with Crippen LogP contribution in [0.2, 0.25) is 0 Å². The summed E-state index contributed by atoms with van der Waals surface area (Å²) >= 11 is 0. The van der Waals surface area contributed by atoms with E-state index in [0.29, 0.717) is 16.8 Å². The third-order valence-electron chi connectivity index (χ3n) is 3.43. The predicted octanol–water partition coefficient (Wildman–Crippen LogP) is 3.60. The topological polar surface area (TPSA) is 68.7 Å². The van der Waals surface area contributed by atoms with E-state index in [-0.39, 0.29) is 5.91 Å². The molecule has 3 aromatic rings. The van der Waals surface area contributed by atoms with Crippen LogP contribution in [-0.4, -0.2) is 10.9 Å². The standard InChI is InChI=1S/C17H13N3O/c1-11-2-3-12(10-18)8-15(11)20-17(21)14-5-4-13-6-7-19-16(13)9-14/h2-9,19H,1H3,(H,20,21). The zero-order valence-corrected chi connectivity index (χ0v) is 11.5. The molecule has 0 aliphatic heterocycles. The Morgan fingerprint density at radius 2 is 2.05 bits per heavy atom. The van der Waals surface area contributed by atoms with Crippen molar-refractivity contribution in [2.75, 3.05) is 5.32 Å². The predicted molar refractivity (Wildman–Crippen MR) is 82.1 cm³/mol. The first-order chi connectivity index (χ1) is 10.2. The molecule has 0 saturated heterocycles. The van der Waals surface area contributed by atoms with Crippen molar-refractivity contribution in [2.24, 2.45) is 0 Å². The van der Waals surface area contributed by atoms with E-state index in [0.717, 1.165) is 16.5 Å². The quantitative estimate of drug-likeness (QED) is 0.750. The highest BCUT2D eigenvalue weighted by Gasteiger charge is 2.09. The number of rotatable bonds is 2. The number of carbonyl (C=O) groups excluding carboxylic acids is 1. The number of carbonyl (C=O) groups is 1. The molecule has 2 N–H and O–H groups in total. The molecule has 0 atom stereocenters. The number of nitriles is 1. The monoisotopic (exact) mass is 275 g/mol. The van der Waals surface area contributed by atoms with E-state index in [4.69, 9.17) is 5.26 Å². The molecular weight excluding hydrogens is 262 g/mol. The number of H-pyrrole nitrogens is 1. The molecular formula is C17H13N3O. The van der Waals surface area contributed by atoms with Gasteiger partial charge in [0.25, 0.3) is 5.91 Å². The van der Waals surface area contributed by atoms with Gasteiger partial charge in [-0.25, -0.2) is 0 Å². The zero-order chi connectivity index (χ0) is 14.8. The Labute approximate surface area is 122 Å². The maximum atomic E-state index is 12.3. The lowest BCUT2D eigenvalue weighted by molar-refractivity contribution is 0.102. The molecule has 0 unspecified atom stereocenters. The largest absolute Gasteiger partial charge is 0.361 e. The fraction of sp³-hybridized carbons (Fsp3) is 0.0588. The number of aromatic amines is 1. The first-order valence-electron chi connectivity index (χ1n) is 6.56. The minimum atomic E-state index is -0.190. The third kappa shape index (κ3) is 2.49. The van der Waals surface area contributed by atoms with Crippen LogP contribution >= 0.6 is 0 Å². The summed E-state index contributed by atoms with van der Waals surface area (Å²) in [5.41, 5.74) is 3.60. The summed E-state index contributed by atoms with van der Waals surface area (Å²) in [6, 6.07) is 14.8. The van der Waals surface area contributed by atoms with Gasteiger partial charge in [-0.3, -0.25) is 4.79 Å². The van der Waals surface area contributed by atoms with E-state index in [1.807, 2.05) is 37.4 Å². The van der Waals surface area contributed by atoms with Crippen LogP contribution in [0.1, 0.15) is 21.5 Å². The number of hydrogen-bond acceptors (Lipinski definition) is 2. The van der Waals surface area contributed by atoms with Gasteiger partial charge in [0.05, 0.1) is 11.6 Å². The average molecular weight is 275 g/mol. The van der Waals surface area contributed by atoms with Crippen LogP contribution in [0.4, 0.5) is 5.69 Å². The summed E-state index contributed by atoms with van der Waals surface area (Å²) in [5.74, 6) is -0.190. The maximum Gasteiger partial charge on any atom is 0.255 e. The highest BCUT2D eigenvalue weighted by Crippen LogP contribution is 2.19. The fourth-order valence-electron chi connectivity index (χ4n) is 2.21. The smallest absolute Gasteiger partial charge is 0.255 e. The molecule has 1 aromatic heterocycles. The van der Waals surface area contributed by atoms with Gasteiger partial charge in [-0.2, -0.15) is 5.26 Å². The van der Waals surface area contributed by atoms with Crippen molar-refractivity contribution in [2.45, 2.75) is 6.92 Å². The number of nitrogens with zero attached hydrogens (tertiary/aromatic N) is 1. The molecule has 21 heavy (non-hydrogen) atoms. The van der Waals surface area contributed by atoms with Crippen molar-refractivity contribution in [1.29, 1.82) is 5.26 Å². The van der Waals surface area contributed by atoms with E-state index in [1.54, 1.807) is 18.2 Å². The second-order valence-corrected chi connectivity index (χ2v) is 4.88. The summed E-state index contributed by atoms with van der Waals surface area (Å²) in [6.45, 7) is 1.89. The third-order valence-corrected chi connectivity index (χ3v) is 3.43. The van der Waals surface area contributed by atoms with Gasteiger partial charge in [0.2, 0.25) is 0 Å². The Balaban J connectivity index is 1.90. The van der Waals surface area contributed by atoms with E-state index >= 15 is 0 Å². The lowest BCUT2D eigenvalue weighted by atomic mass is 10.1. The molecule has 4 nitrogen and oxygen atoms in total. The van der Waals surface area contributed by atoms with Gasteiger partial charge in [-0.15, -0.1) is 0 Å². The molecule has 0 aliphatic rings. The van der Waals surface area contributed by atoms with E-state index < -0.39 is 0 Å². The second-order valence-electron chi connectivity index (χ2n) is 4.88. The number of anilines is 1. The Kier molecular flexibility index (Phi) is 3.17. The molecule has 0 saturated carbocycles. The van der Waals surface area contributed by atoms with Gasteiger partial charge >= 0.3 is 0 Å². The molecule has 0 radical (unpaired) electrons. The van der Waals surface area contributed by atoms with Crippen LogP contribution in [0.25, 0.3) is 10.9 Å². The van der Waals surface area contributed by atoms with Crippen molar-refractivity contribution < 1.29 is 4.79 Å². The summed E-state index contributed by atoms with van der Waals surface area (Å²) in [4.78, 5) is 15.4. The SMILES string of the molecule is Cc1ccc(C#N)cc1NC(=O)c1ccc2cc[nH]c2c1. The number of aryl methyl sites for hydroxylation is 1. The minimum Gasteiger partial charge on any atom is -0.361 e. The summed E-state index contributed by atoms with van der Waals surface area (Å²) in [6.07, 6.45) is 1.84. The summed E-state index contributed by atoms with van der Waals surface area (Å²) < 4.78 is 0. The Hall–Kier alpha value is -3.06. The Morgan fingerprint density at radius 3 is 2.86 bits per heavy atom. The van der Waals surface area contributed by atoms with Crippen molar-refractivity contribution in [3.63, 3.8) is 0 Å². The molecule has 4 heteroatoms. The first kappa shape index (κ1) is 12.9. The first-order valence-corrected chi connectivity index (χ1v) is 6.56. The summed E-state index contributed by atoms with van der Waals surface area (Å²) in [5, 5.41) is 12.9. The van der Waals surface area contributed by atoms with Crippen molar-refractivity contribution in [3.05, 3.63) is 65.4 Å². The number of aromatic nitrogens is 1. The fourth-order valence-corrected chi connectivity index (χ4v) is 2.21. The molecule has 0 spiro atoms. The molecule has 2 aromatic carbocycles. The van der Waals surface area contributed by atoms with Gasteiger partial charge in [-0.05, 0) is 48.2 Å². The van der Waals surface area contributed by atoms with Gasteiger partial charge in [-0.1, -0.05) is 12.1 Å². The van der Waals surface area contributed by atoms with Crippen LogP contribution < -0.4 is 5.32 Å². The molecule has 1 amide bonds. The average Bonchev–Trinajstić information content (AvgIpc) is 2.96. The van der Waals surface area contributed by atoms with Gasteiger partial charge < -0.3 is 10.3 Å². The van der Waals surface area contributed by atoms with Gasteiger partial charge in [0.1, 0.15) is 0 Å². The summed E-state index contributed by atoms with van der Waals surface area (Å²) in [7, 11) is 0. The molecule has 1 heterocycles. The Morgan fingerprint density at radius 1 is 1.19 bits per heavy atom. The van der Waals surface area contributed by atoms with Crippen LogP contribution in [0.5, 0.6) is 0 Å². The second kappa shape index (κ2) is 5.14. The lowest BCUT2D eigenvalue weighted by Gasteiger charge is -2.09. The van der Waals surface area contributed by atoms with E-state index in [1.165, 1.54) is 0 Å². The van der Waals surface area contributed by atoms with Crippen molar-refractivity contribution in [1.82, 2.24) is 4.98 Å². The molecule has 0 fully saturated rings. The number of nitrogens with one attached hydrogen (secondary N) is 2. The van der Waals surface area contributed by atoms with E-state index in [2.05, 4.69) is 16.4 Å². The van der Waals surface area contributed by atoms with Crippen molar-refractivity contribution >= 4 is 22.5 Å². The number of fused-ring (bicyclic) bond motifs is 1. The van der Waals surface area contributed by atoms with Gasteiger partial charge in [0, 0.05) is 23.0 Å². The Bertz CT molecular complexity index is 871. The van der Waals surface area contributed by atoms with Gasteiger partial charge in [0.15, 0.2) is 0 Å². The van der Waals surface area contributed by atoms with Crippen LogP contribution in [0.3, 0.4) is 0 Å². The van der Waals surface area contributed by atoms with E-state index in [9.17, 15) is 4.79 Å². The lowest BCUT2D eigenvalue weighted by Crippen LogP contribution is -2.12. The number of amides is 1. The molecule has 0 aliphatic carbocycles. The number of benzene rings is 2. The van der Waals surface area contributed by atoms with Crippen LogP contribution in [0.15, 0.2) is 48.7 Å². The number of hydrogen-bond donors (Lipinski definition) is 2. The highest BCUT2D eigenvalue weighted by molar-refractivity contribution is 6.06. The van der Waals surface area contributed by atoms with Crippen LogP contribution in [0, 0.1) is 18.3 Å². The molecule has 3 rings (SSSR count). The zero-order valence-electron chi connectivity index (χ0n) is 11.5. The highest BCUT2D eigenvalue weighted by atomic mass is 16.1. The molecule has 0 bridgehead atoms. The minimum absolute atomic E-state index is 0.190.